The first kappa shape index (κ1) is 23.4. The molecule has 1 aromatic carbocycles. The number of sulfonamides is 1. The number of aliphatic imine (C=N–C) groups is 1. The summed E-state index contributed by atoms with van der Waals surface area (Å²) in [7, 11) is -0.366. The molecular formula is C18H27IN4O3S. The molecule has 0 atom stereocenters. The van der Waals surface area contributed by atoms with E-state index < -0.39 is 10.0 Å². The molecule has 0 aliphatic heterocycles. The lowest BCUT2D eigenvalue weighted by Crippen LogP contribution is -2.38. The van der Waals surface area contributed by atoms with E-state index in [4.69, 9.17) is 4.42 Å². The number of hydrogen-bond acceptors (Lipinski definition) is 4. The maximum absolute atomic E-state index is 12.1. The van der Waals surface area contributed by atoms with Crippen LogP contribution < -0.4 is 10.6 Å². The number of halogens is 1. The van der Waals surface area contributed by atoms with Gasteiger partial charge in [-0.15, -0.1) is 24.0 Å². The first-order valence-corrected chi connectivity index (χ1v) is 9.93. The van der Waals surface area contributed by atoms with Crippen molar-refractivity contribution in [2.45, 2.75) is 24.8 Å². The van der Waals surface area contributed by atoms with Crippen molar-refractivity contribution in [2.24, 2.45) is 4.99 Å². The summed E-state index contributed by atoms with van der Waals surface area (Å²) >= 11 is 0. The fraction of sp³-hybridized carbons (Fsp3) is 0.389. The maximum Gasteiger partial charge on any atom is 0.242 e. The monoisotopic (exact) mass is 506 g/mol. The Kier molecular flexibility index (Phi) is 9.81. The second-order valence-corrected chi connectivity index (χ2v) is 8.03. The van der Waals surface area contributed by atoms with Gasteiger partial charge in [0.2, 0.25) is 10.0 Å². The topological polar surface area (TPSA) is 86.9 Å². The van der Waals surface area contributed by atoms with Gasteiger partial charge in [-0.2, -0.15) is 0 Å². The number of benzene rings is 1. The largest absolute Gasteiger partial charge is 0.469 e. The molecule has 27 heavy (non-hydrogen) atoms. The van der Waals surface area contributed by atoms with Crippen molar-refractivity contribution in [2.75, 3.05) is 27.2 Å². The lowest BCUT2D eigenvalue weighted by Gasteiger charge is -2.12. The van der Waals surface area contributed by atoms with Crippen LogP contribution in [0.4, 0.5) is 0 Å². The molecule has 150 valence electrons. The van der Waals surface area contributed by atoms with E-state index in [1.807, 2.05) is 19.1 Å². The van der Waals surface area contributed by atoms with E-state index in [0.29, 0.717) is 19.0 Å². The van der Waals surface area contributed by atoms with E-state index in [-0.39, 0.29) is 28.9 Å². The van der Waals surface area contributed by atoms with Gasteiger partial charge in [0.15, 0.2) is 5.96 Å². The van der Waals surface area contributed by atoms with E-state index in [1.54, 1.807) is 30.5 Å². The third-order valence-electron chi connectivity index (χ3n) is 3.71. The Balaban J connectivity index is 0.00000364. The zero-order valence-corrected chi connectivity index (χ0v) is 19.0. The average molecular weight is 506 g/mol. The quantitative estimate of drug-likeness (QED) is 0.327. The smallest absolute Gasteiger partial charge is 0.242 e. The summed E-state index contributed by atoms with van der Waals surface area (Å²) in [6, 6.07) is 10.6. The molecule has 0 aliphatic carbocycles. The molecule has 0 amide bonds. The predicted molar refractivity (Wildman–Crippen MR) is 118 cm³/mol. The Morgan fingerprint density at radius 1 is 1.15 bits per heavy atom. The van der Waals surface area contributed by atoms with Crippen LogP contribution >= 0.6 is 24.0 Å². The van der Waals surface area contributed by atoms with Crippen LogP contribution in [0.1, 0.15) is 18.2 Å². The van der Waals surface area contributed by atoms with Gasteiger partial charge in [-0.3, -0.25) is 0 Å². The Hall–Kier alpha value is -1.59. The lowest BCUT2D eigenvalue weighted by molar-refractivity contribution is 0.507. The number of nitrogens with one attached hydrogen (secondary N) is 2. The summed E-state index contributed by atoms with van der Waals surface area (Å²) in [6.45, 7) is 3.93. The SMILES string of the molecule is CCNC(=NCc1ccc(S(=O)(=O)N(C)C)cc1)NCCc1ccco1.I. The van der Waals surface area contributed by atoms with Crippen LogP contribution in [0.3, 0.4) is 0 Å². The number of rotatable bonds is 8. The van der Waals surface area contributed by atoms with Crippen molar-refractivity contribution in [3.8, 4) is 0 Å². The van der Waals surface area contributed by atoms with Gasteiger partial charge in [-0.05, 0) is 36.8 Å². The minimum atomic E-state index is -3.40. The van der Waals surface area contributed by atoms with Crippen molar-refractivity contribution in [1.29, 1.82) is 0 Å². The van der Waals surface area contributed by atoms with Gasteiger partial charge in [0.05, 0.1) is 17.7 Å². The summed E-state index contributed by atoms with van der Waals surface area (Å²) in [5.41, 5.74) is 0.936. The third kappa shape index (κ3) is 7.15. The van der Waals surface area contributed by atoms with Gasteiger partial charge in [-0.1, -0.05) is 12.1 Å². The zero-order valence-electron chi connectivity index (χ0n) is 15.8. The van der Waals surface area contributed by atoms with Crippen LogP contribution in [0.5, 0.6) is 0 Å². The molecule has 2 aromatic rings. The molecule has 0 bridgehead atoms. The number of nitrogens with zero attached hydrogens (tertiary/aromatic N) is 2. The van der Waals surface area contributed by atoms with Crippen molar-refractivity contribution >= 4 is 40.0 Å². The minimum absolute atomic E-state index is 0. The van der Waals surface area contributed by atoms with E-state index in [2.05, 4.69) is 15.6 Å². The van der Waals surface area contributed by atoms with Crippen LogP contribution in [0.25, 0.3) is 0 Å². The molecule has 1 aromatic heterocycles. The average Bonchev–Trinajstić information content (AvgIpc) is 3.13. The molecule has 2 N–H and O–H groups in total. The van der Waals surface area contributed by atoms with E-state index >= 15 is 0 Å². The van der Waals surface area contributed by atoms with E-state index in [0.717, 1.165) is 24.3 Å². The number of hydrogen-bond donors (Lipinski definition) is 2. The van der Waals surface area contributed by atoms with Crippen molar-refractivity contribution < 1.29 is 12.8 Å². The predicted octanol–water partition coefficient (Wildman–Crippen LogP) is 2.45. The highest BCUT2D eigenvalue weighted by atomic mass is 127. The Bertz CT molecular complexity index is 804. The van der Waals surface area contributed by atoms with Crippen molar-refractivity contribution in [1.82, 2.24) is 14.9 Å². The summed E-state index contributed by atoms with van der Waals surface area (Å²) in [6.07, 6.45) is 2.43. The molecule has 0 radical (unpaired) electrons. The fourth-order valence-corrected chi connectivity index (χ4v) is 3.15. The molecular weight excluding hydrogens is 479 g/mol. The first-order chi connectivity index (χ1) is 12.4. The summed E-state index contributed by atoms with van der Waals surface area (Å²) in [5, 5.41) is 6.45. The Morgan fingerprint density at radius 2 is 1.85 bits per heavy atom. The van der Waals surface area contributed by atoms with Crippen LogP contribution in [0, 0.1) is 0 Å². The molecule has 0 unspecified atom stereocenters. The highest BCUT2D eigenvalue weighted by molar-refractivity contribution is 14.0. The van der Waals surface area contributed by atoms with Crippen LogP contribution in [0.2, 0.25) is 0 Å². The number of furan rings is 1. The Morgan fingerprint density at radius 3 is 2.41 bits per heavy atom. The van der Waals surface area contributed by atoms with E-state index in [1.165, 1.54) is 18.4 Å². The third-order valence-corrected chi connectivity index (χ3v) is 5.54. The first-order valence-electron chi connectivity index (χ1n) is 8.49. The van der Waals surface area contributed by atoms with E-state index in [9.17, 15) is 8.42 Å². The Labute approximate surface area is 178 Å². The number of guanidine groups is 1. The molecule has 0 fully saturated rings. The molecule has 1 heterocycles. The van der Waals surface area contributed by atoms with Gasteiger partial charge in [0.25, 0.3) is 0 Å². The summed E-state index contributed by atoms with van der Waals surface area (Å²) < 4.78 is 30.7. The molecule has 0 aliphatic rings. The highest BCUT2D eigenvalue weighted by Gasteiger charge is 2.16. The minimum Gasteiger partial charge on any atom is -0.469 e. The molecule has 0 spiro atoms. The van der Waals surface area contributed by atoms with Crippen LogP contribution in [-0.4, -0.2) is 45.9 Å². The van der Waals surface area contributed by atoms with Gasteiger partial charge < -0.3 is 15.1 Å². The normalized spacial score (nSPS) is 11.9. The molecule has 9 heteroatoms. The van der Waals surface area contributed by atoms with Crippen molar-refractivity contribution in [3.63, 3.8) is 0 Å². The molecule has 2 rings (SSSR count). The standard InChI is InChI=1S/C18H26N4O3S.HI/c1-4-19-18(20-12-11-16-6-5-13-25-16)21-14-15-7-9-17(10-8-15)26(23,24)22(2)3;/h5-10,13H,4,11-12,14H2,1-3H3,(H2,19,20,21);1H. The van der Waals surface area contributed by atoms with Gasteiger partial charge in [0.1, 0.15) is 5.76 Å². The second-order valence-electron chi connectivity index (χ2n) is 5.88. The van der Waals surface area contributed by atoms with Crippen LogP contribution in [-0.2, 0) is 23.0 Å². The molecule has 0 saturated heterocycles. The zero-order chi connectivity index (χ0) is 19.0. The summed E-state index contributed by atoms with van der Waals surface area (Å²) in [4.78, 5) is 4.81. The molecule has 7 nitrogen and oxygen atoms in total. The lowest BCUT2D eigenvalue weighted by atomic mass is 10.2. The van der Waals surface area contributed by atoms with Crippen LogP contribution in [0.15, 0.2) is 57.0 Å². The van der Waals surface area contributed by atoms with Crippen molar-refractivity contribution in [3.05, 3.63) is 54.0 Å². The van der Waals surface area contributed by atoms with Gasteiger partial charge in [-0.25, -0.2) is 17.7 Å². The highest BCUT2D eigenvalue weighted by Crippen LogP contribution is 2.14. The second kappa shape index (κ2) is 11.3. The maximum atomic E-state index is 12.1. The van der Waals surface area contributed by atoms with Gasteiger partial charge >= 0.3 is 0 Å². The van der Waals surface area contributed by atoms with Gasteiger partial charge in [0, 0.05) is 33.6 Å². The fourth-order valence-electron chi connectivity index (χ4n) is 2.25. The summed E-state index contributed by atoms with van der Waals surface area (Å²) in [5.74, 6) is 1.63. The molecule has 0 saturated carbocycles.